The first-order chi connectivity index (χ1) is 9.10. The number of hydrogen-bond donors (Lipinski definition) is 1. The molecule has 6 heteroatoms. The third-order valence-corrected chi connectivity index (χ3v) is 4.14. The highest BCUT2D eigenvalue weighted by Gasteiger charge is 2.17. The summed E-state index contributed by atoms with van der Waals surface area (Å²) in [4.78, 5) is 10.4. The van der Waals surface area contributed by atoms with E-state index >= 15 is 0 Å². The Morgan fingerprint density at radius 2 is 1.84 bits per heavy atom. The van der Waals surface area contributed by atoms with Crippen LogP contribution in [-0.4, -0.2) is 21.2 Å². The molecule has 0 saturated heterocycles. The highest BCUT2D eigenvalue weighted by atomic mass is 32.2. The van der Waals surface area contributed by atoms with Crippen LogP contribution >= 0.6 is 0 Å². The molecular weight excluding hydrogens is 266 g/mol. The lowest BCUT2D eigenvalue weighted by Gasteiger charge is -2.04. The molecule has 0 aromatic carbocycles. The fourth-order valence-corrected chi connectivity index (χ4v) is 2.73. The van der Waals surface area contributed by atoms with Crippen LogP contribution < -0.4 is 4.72 Å². The first-order valence-corrected chi connectivity index (χ1v) is 8.13. The van der Waals surface area contributed by atoms with Gasteiger partial charge in [0.2, 0.25) is 5.09 Å². The van der Waals surface area contributed by atoms with Gasteiger partial charge in [-0.15, -0.1) is 0 Å². The summed E-state index contributed by atoms with van der Waals surface area (Å²) < 4.78 is 30.9. The van der Waals surface area contributed by atoms with Gasteiger partial charge in [-0.25, -0.2) is 13.1 Å². The molecule has 0 bridgehead atoms. The van der Waals surface area contributed by atoms with Gasteiger partial charge in [0, 0.05) is 6.54 Å². The molecule has 0 aliphatic rings. The van der Waals surface area contributed by atoms with E-state index in [9.17, 15) is 13.2 Å². The Morgan fingerprint density at radius 3 is 2.47 bits per heavy atom. The van der Waals surface area contributed by atoms with Gasteiger partial charge in [-0.2, -0.15) is 0 Å². The smallest absolute Gasteiger partial charge is 0.273 e. The summed E-state index contributed by atoms with van der Waals surface area (Å²) in [5, 5.41) is -0.208. The minimum absolute atomic E-state index is 0.0138. The van der Waals surface area contributed by atoms with Crippen LogP contribution in [0.5, 0.6) is 0 Å². The van der Waals surface area contributed by atoms with E-state index in [4.69, 9.17) is 4.42 Å². The zero-order valence-electron chi connectivity index (χ0n) is 11.2. The van der Waals surface area contributed by atoms with Gasteiger partial charge >= 0.3 is 0 Å². The molecule has 1 N–H and O–H groups in total. The second-order valence-corrected chi connectivity index (χ2v) is 6.14. The normalized spacial score (nSPS) is 11.6. The summed E-state index contributed by atoms with van der Waals surface area (Å²) in [6.07, 6.45) is 7.06. The highest BCUT2D eigenvalue weighted by molar-refractivity contribution is 7.89. The van der Waals surface area contributed by atoms with Crippen molar-refractivity contribution in [2.45, 2.75) is 50.5 Å². The van der Waals surface area contributed by atoms with Crippen LogP contribution in [0.4, 0.5) is 0 Å². The van der Waals surface area contributed by atoms with Crippen LogP contribution in [0.1, 0.15) is 56.0 Å². The van der Waals surface area contributed by atoms with Crippen LogP contribution in [0, 0.1) is 0 Å². The summed E-state index contributed by atoms with van der Waals surface area (Å²) in [5.74, 6) is 0.0138. The van der Waals surface area contributed by atoms with E-state index in [1.807, 2.05) is 0 Å². The largest absolute Gasteiger partial charge is 0.440 e. The quantitative estimate of drug-likeness (QED) is 0.530. The number of unbranched alkanes of at least 4 members (excludes halogenated alkanes) is 5. The van der Waals surface area contributed by atoms with E-state index in [0.29, 0.717) is 12.8 Å². The predicted octanol–water partition coefficient (Wildman–Crippen LogP) is 2.73. The molecule has 0 fully saturated rings. The van der Waals surface area contributed by atoms with Crippen LogP contribution in [0.15, 0.2) is 21.6 Å². The maximum atomic E-state index is 11.8. The van der Waals surface area contributed by atoms with Gasteiger partial charge in [-0.1, -0.05) is 39.0 Å². The number of carbonyl (C=O) groups excluding carboxylic acids is 1. The fourth-order valence-electron chi connectivity index (χ4n) is 1.73. The Bertz CT molecular complexity index is 479. The predicted molar refractivity (Wildman–Crippen MR) is 72.7 cm³/mol. The maximum Gasteiger partial charge on any atom is 0.273 e. The van der Waals surface area contributed by atoms with Crippen LogP contribution in [0.3, 0.4) is 0 Å². The van der Waals surface area contributed by atoms with E-state index in [0.717, 1.165) is 19.3 Å². The summed E-state index contributed by atoms with van der Waals surface area (Å²) in [7, 11) is -3.62. The minimum Gasteiger partial charge on any atom is -0.440 e. The standard InChI is InChI=1S/C13H21NO4S/c1-2-3-4-5-6-7-10-14-19(16,17)13-9-8-12(11-15)18-13/h8-9,11,14H,2-7,10H2,1H3. The molecule has 0 saturated carbocycles. The SMILES string of the molecule is CCCCCCCCNS(=O)(=O)c1ccc(C=O)o1. The molecule has 108 valence electrons. The topological polar surface area (TPSA) is 76.4 Å². The lowest BCUT2D eigenvalue weighted by Crippen LogP contribution is -2.24. The van der Waals surface area contributed by atoms with E-state index < -0.39 is 10.0 Å². The number of furan rings is 1. The first-order valence-electron chi connectivity index (χ1n) is 6.65. The molecule has 0 aliphatic carbocycles. The van der Waals surface area contributed by atoms with Crippen LogP contribution in [-0.2, 0) is 10.0 Å². The number of sulfonamides is 1. The summed E-state index contributed by atoms with van der Waals surface area (Å²) >= 11 is 0. The average Bonchev–Trinajstić information content (AvgIpc) is 2.87. The second-order valence-electron chi connectivity index (χ2n) is 4.44. The summed E-state index contributed by atoms with van der Waals surface area (Å²) in [6, 6.07) is 2.62. The molecule has 1 aromatic rings. The Hall–Kier alpha value is -1.14. The van der Waals surface area contributed by atoms with Crippen molar-refractivity contribution in [3.8, 4) is 0 Å². The van der Waals surface area contributed by atoms with Crippen molar-refractivity contribution in [2.24, 2.45) is 0 Å². The molecule has 0 amide bonds. The van der Waals surface area contributed by atoms with Crippen molar-refractivity contribution < 1.29 is 17.6 Å². The molecule has 0 aliphatic heterocycles. The van der Waals surface area contributed by atoms with Gasteiger partial charge in [-0.3, -0.25) is 4.79 Å². The zero-order chi connectivity index (χ0) is 14.1. The third-order valence-electron chi connectivity index (χ3n) is 2.81. The number of carbonyl (C=O) groups is 1. The van der Waals surface area contributed by atoms with Crippen molar-refractivity contribution >= 4 is 16.3 Å². The molecular formula is C13H21NO4S. The van der Waals surface area contributed by atoms with Gasteiger partial charge in [-0.05, 0) is 18.6 Å². The number of rotatable bonds is 10. The first kappa shape index (κ1) is 15.9. The second kappa shape index (κ2) is 8.12. The molecule has 1 heterocycles. The van der Waals surface area contributed by atoms with E-state index in [1.54, 1.807) is 0 Å². The maximum absolute atomic E-state index is 11.8. The van der Waals surface area contributed by atoms with Gasteiger partial charge in [0.05, 0.1) is 0 Å². The fraction of sp³-hybridized carbons (Fsp3) is 0.615. The molecule has 0 atom stereocenters. The Labute approximate surface area is 114 Å². The van der Waals surface area contributed by atoms with Gasteiger partial charge in [0.25, 0.3) is 10.0 Å². The molecule has 0 radical (unpaired) electrons. The highest BCUT2D eigenvalue weighted by Crippen LogP contribution is 2.12. The molecule has 1 rings (SSSR count). The van der Waals surface area contributed by atoms with E-state index in [1.165, 1.54) is 31.4 Å². The molecule has 1 aromatic heterocycles. The van der Waals surface area contributed by atoms with Gasteiger partial charge in [0.1, 0.15) is 0 Å². The molecule has 5 nitrogen and oxygen atoms in total. The molecule has 19 heavy (non-hydrogen) atoms. The van der Waals surface area contributed by atoms with Gasteiger partial charge < -0.3 is 4.42 Å². The van der Waals surface area contributed by atoms with Crippen molar-refractivity contribution in [1.29, 1.82) is 0 Å². The summed E-state index contributed by atoms with van der Waals surface area (Å²) in [5.41, 5.74) is 0. The molecule has 0 spiro atoms. The molecule has 0 unspecified atom stereocenters. The summed E-state index contributed by atoms with van der Waals surface area (Å²) in [6.45, 7) is 2.55. The van der Waals surface area contributed by atoms with Crippen molar-refractivity contribution in [3.05, 3.63) is 17.9 Å². The Morgan fingerprint density at radius 1 is 1.16 bits per heavy atom. The third kappa shape index (κ3) is 5.57. The van der Waals surface area contributed by atoms with Gasteiger partial charge in [0.15, 0.2) is 12.0 Å². The van der Waals surface area contributed by atoms with Crippen LogP contribution in [0.25, 0.3) is 0 Å². The average molecular weight is 287 g/mol. The minimum atomic E-state index is -3.62. The van der Waals surface area contributed by atoms with Crippen molar-refractivity contribution in [3.63, 3.8) is 0 Å². The van der Waals surface area contributed by atoms with E-state index in [2.05, 4.69) is 11.6 Å². The Balaban J connectivity index is 2.29. The zero-order valence-corrected chi connectivity index (χ0v) is 12.0. The number of nitrogens with one attached hydrogen (secondary N) is 1. The Kier molecular flexibility index (Phi) is 6.80. The van der Waals surface area contributed by atoms with Crippen LogP contribution in [0.2, 0.25) is 0 Å². The van der Waals surface area contributed by atoms with Crippen molar-refractivity contribution in [1.82, 2.24) is 4.72 Å². The monoisotopic (exact) mass is 287 g/mol. The lowest BCUT2D eigenvalue weighted by atomic mass is 10.1. The van der Waals surface area contributed by atoms with Crippen molar-refractivity contribution in [2.75, 3.05) is 6.54 Å². The lowest BCUT2D eigenvalue weighted by molar-refractivity contribution is 0.109. The number of aldehydes is 1. The number of hydrogen-bond acceptors (Lipinski definition) is 4. The van der Waals surface area contributed by atoms with E-state index in [-0.39, 0.29) is 10.9 Å².